The molecule has 1 unspecified atom stereocenters. The van der Waals surface area contributed by atoms with Gasteiger partial charge >= 0.3 is 0 Å². The highest BCUT2D eigenvalue weighted by Crippen LogP contribution is 2.36. The molecule has 2 rings (SSSR count). The Morgan fingerprint density at radius 1 is 1.56 bits per heavy atom. The zero-order chi connectivity index (χ0) is 11.7. The van der Waals surface area contributed by atoms with Crippen LogP contribution in [0.25, 0.3) is 0 Å². The zero-order valence-electron chi connectivity index (χ0n) is 8.90. The molecule has 1 atom stereocenters. The quantitative estimate of drug-likeness (QED) is 0.827. The van der Waals surface area contributed by atoms with Gasteiger partial charge in [-0.05, 0) is 25.2 Å². The van der Waals surface area contributed by atoms with Crippen LogP contribution in [0.1, 0.15) is 11.6 Å². The molecule has 2 N–H and O–H groups in total. The Morgan fingerprint density at radius 3 is 2.94 bits per heavy atom. The van der Waals surface area contributed by atoms with Crippen LogP contribution >= 0.6 is 11.6 Å². The number of fused-ring (bicyclic) bond motifs is 1. The van der Waals surface area contributed by atoms with Gasteiger partial charge in [0.1, 0.15) is 6.04 Å². The molecule has 1 aliphatic rings. The molecule has 0 bridgehead atoms. The van der Waals surface area contributed by atoms with Crippen LogP contribution in [0.5, 0.6) is 0 Å². The number of benzene rings is 1. The number of hydrogen-bond acceptors (Lipinski definition) is 3. The van der Waals surface area contributed by atoms with Gasteiger partial charge < -0.3 is 15.3 Å². The molecule has 0 aliphatic carbocycles. The molecule has 1 aliphatic heterocycles. The normalized spacial score (nSPS) is 19.1. The van der Waals surface area contributed by atoms with Gasteiger partial charge in [-0.1, -0.05) is 11.6 Å². The van der Waals surface area contributed by atoms with Gasteiger partial charge in [0.25, 0.3) is 0 Å². The summed E-state index contributed by atoms with van der Waals surface area (Å²) in [5.74, 6) is -0.0474. The number of aliphatic hydroxyl groups excluding tert-OH is 1. The predicted octanol–water partition coefficient (Wildman–Crippen LogP) is 0.939. The SMILES string of the molecule is CNC1C(=O)N(CCO)c2ccc(Cl)cc21. The zero-order valence-corrected chi connectivity index (χ0v) is 9.66. The van der Waals surface area contributed by atoms with Crippen molar-refractivity contribution in [3.05, 3.63) is 28.8 Å². The van der Waals surface area contributed by atoms with Crippen LogP contribution in [0.3, 0.4) is 0 Å². The van der Waals surface area contributed by atoms with E-state index in [2.05, 4.69) is 5.32 Å². The minimum absolute atomic E-state index is 0.0474. The monoisotopic (exact) mass is 240 g/mol. The van der Waals surface area contributed by atoms with E-state index in [1.165, 1.54) is 0 Å². The number of anilines is 1. The van der Waals surface area contributed by atoms with Gasteiger partial charge in [0.2, 0.25) is 5.91 Å². The number of amides is 1. The smallest absolute Gasteiger partial charge is 0.248 e. The summed E-state index contributed by atoms with van der Waals surface area (Å²) in [4.78, 5) is 13.6. The largest absolute Gasteiger partial charge is 0.395 e. The number of halogens is 1. The van der Waals surface area contributed by atoms with E-state index in [9.17, 15) is 4.79 Å². The molecule has 0 aromatic heterocycles. The van der Waals surface area contributed by atoms with Gasteiger partial charge in [-0.3, -0.25) is 4.79 Å². The number of hydrogen-bond donors (Lipinski definition) is 2. The van der Waals surface area contributed by atoms with Crippen LogP contribution < -0.4 is 10.2 Å². The van der Waals surface area contributed by atoms with Gasteiger partial charge in [0.15, 0.2) is 0 Å². The first-order valence-corrected chi connectivity index (χ1v) is 5.45. The summed E-state index contributed by atoms with van der Waals surface area (Å²) in [6.45, 7) is 0.260. The van der Waals surface area contributed by atoms with Crippen molar-refractivity contribution in [2.24, 2.45) is 0 Å². The van der Waals surface area contributed by atoms with Gasteiger partial charge in [-0.2, -0.15) is 0 Å². The first kappa shape index (κ1) is 11.4. The van der Waals surface area contributed by atoms with Crippen molar-refractivity contribution >= 4 is 23.2 Å². The van der Waals surface area contributed by atoms with Crippen LogP contribution in [-0.2, 0) is 4.79 Å². The Morgan fingerprint density at radius 2 is 2.31 bits per heavy atom. The molecule has 86 valence electrons. The van der Waals surface area contributed by atoms with Crippen molar-refractivity contribution < 1.29 is 9.90 Å². The van der Waals surface area contributed by atoms with Crippen LogP contribution in [0.15, 0.2) is 18.2 Å². The van der Waals surface area contributed by atoms with E-state index in [0.717, 1.165) is 11.3 Å². The lowest BCUT2D eigenvalue weighted by Gasteiger charge is -2.16. The van der Waals surface area contributed by atoms with Crippen molar-refractivity contribution in [2.75, 3.05) is 25.1 Å². The second-order valence-corrected chi connectivity index (χ2v) is 4.07. The maximum atomic E-state index is 12.0. The molecule has 4 nitrogen and oxygen atoms in total. The van der Waals surface area contributed by atoms with E-state index in [-0.39, 0.29) is 18.6 Å². The van der Waals surface area contributed by atoms with E-state index >= 15 is 0 Å². The summed E-state index contributed by atoms with van der Waals surface area (Å²) in [6.07, 6.45) is 0. The minimum atomic E-state index is -0.361. The Labute approximate surface area is 98.8 Å². The summed E-state index contributed by atoms with van der Waals surface area (Å²) in [5.41, 5.74) is 1.69. The molecule has 0 spiro atoms. The number of β-amino-alcohol motifs (C(OH)–C–C–N with tert-alkyl or cyclic N) is 1. The van der Waals surface area contributed by atoms with Crippen molar-refractivity contribution in [2.45, 2.75) is 6.04 Å². The topological polar surface area (TPSA) is 52.6 Å². The minimum Gasteiger partial charge on any atom is -0.395 e. The molecule has 1 amide bonds. The second kappa shape index (κ2) is 4.41. The maximum Gasteiger partial charge on any atom is 0.248 e. The highest BCUT2D eigenvalue weighted by molar-refractivity contribution is 6.31. The van der Waals surface area contributed by atoms with Crippen LogP contribution in [0.2, 0.25) is 5.02 Å². The highest BCUT2D eigenvalue weighted by atomic mass is 35.5. The van der Waals surface area contributed by atoms with Gasteiger partial charge in [-0.25, -0.2) is 0 Å². The van der Waals surface area contributed by atoms with Gasteiger partial charge in [-0.15, -0.1) is 0 Å². The summed E-state index contributed by atoms with van der Waals surface area (Å²) >= 11 is 5.91. The lowest BCUT2D eigenvalue weighted by molar-refractivity contribution is -0.120. The third kappa shape index (κ3) is 1.69. The van der Waals surface area contributed by atoms with E-state index in [4.69, 9.17) is 16.7 Å². The first-order valence-electron chi connectivity index (χ1n) is 5.08. The molecular formula is C11H13ClN2O2. The number of carbonyl (C=O) groups is 1. The number of nitrogens with zero attached hydrogens (tertiary/aromatic N) is 1. The molecule has 0 saturated carbocycles. The van der Waals surface area contributed by atoms with Gasteiger partial charge in [0, 0.05) is 22.8 Å². The fourth-order valence-corrected chi connectivity index (χ4v) is 2.20. The molecule has 1 aromatic carbocycles. The fourth-order valence-electron chi connectivity index (χ4n) is 2.02. The molecule has 16 heavy (non-hydrogen) atoms. The molecular weight excluding hydrogens is 228 g/mol. The Balaban J connectivity index is 2.46. The molecule has 0 fully saturated rings. The van der Waals surface area contributed by atoms with E-state index in [1.807, 2.05) is 6.07 Å². The molecule has 0 saturated heterocycles. The van der Waals surface area contributed by atoms with Crippen LogP contribution in [0.4, 0.5) is 5.69 Å². The average Bonchev–Trinajstić information content (AvgIpc) is 2.52. The van der Waals surface area contributed by atoms with Crippen molar-refractivity contribution in [1.82, 2.24) is 5.32 Å². The van der Waals surface area contributed by atoms with E-state index in [1.54, 1.807) is 24.1 Å². The maximum absolute atomic E-state index is 12.0. The fraction of sp³-hybridized carbons (Fsp3) is 0.364. The summed E-state index contributed by atoms with van der Waals surface area (Å²) in [6, 6.07) is 4.98. The van der Waals surface area contributed by atoms with Crippen molar-refractivity contribution in [3.8, 4) is 0 Å². The Hall–Kier alpha value is -1.10. The molecule has 1 heterocycles. The van der Waals surface area contributed by atoms with Crippen LogP contribution in [-0.4, -0.2) is 31.2 Å². The first-order chi connectivity index (χ1) is 7.69. The van der Waals surface area contributed by atoms with Crippen molar-refractivity contribution in [3.63, 3.8) is 0 Å². The second-order valence-electron chi connectivity index (χ2n) is 3.64. The highest BCUT2D eigenvalue weighted by Gasteiger charge is 2.35. The lowest BCUT2D eigenvalue weighted by Crippen LogP contribution is -2.35. The number of rotatable bonds is 3. The summed E-state index contributed by atoms with van der Waals surface area (Å²) in [5, 5.41) is 12.5. The number of nitrogens with one attached hydrogen (secondary N) is 1. The summed E-state index contributed by atoms with van der Waals surface area (Å²) < 4.78 is 0. The summed E-state index contributed by atoms with van der Waals surface area (Å²) in [7, 11) is 1.73. The molecule has 0 radical (unpaired) electrons. The van der Waals surface area contributed by atoms with Gasteiger partial charge in [0.05, 0.1) is 6.61 Å². The predicted molar refractivity (Wildman–Crippen MR) is 62.7 cm³/mol. The number of likely N-dealkylation sites (N-methyl/N-ethyl adjacent to an activating group) is 1. The molecule has 1 aromatic rings. The molecule has 5 heteroatoms. The third-order valence-corrected chi connectivity index (χ3v) is 2.95. The average molecular weight is 241 g/mol. The van der Waals surface area contributed by atoms with Crippen LogP contribution in [0, 0.1) is 0 Å². The Bertz CT molecular complexity index is 422. The number of carbonyl (C=O) groups excluding carboxylic acids is 1. The Kier molecular flexibility index (Phi) is 3.14. The number of aliphatic hydroxyl groups is 1. The van der Waals surface area contributed by atoms with E-state index in [0.29, 0.717) is 11.6 Å². The van der Waals surface area contributed by atoms with Crippen molar-refractivity contribution in [1.29, 1.82) is 0 Å². The third-order valence-electron chi connectivity index (χ3n) is 2.72. The lowest BCUT2D eigenvalue weighted by atomic mass is 10.1. The van der Waals surface area contributed by atoms with E-state index < -0.39 is 0 Å². The standard InChI is InChI=1S/C11H13ClN2O2/c1-13-10-8-6-7(12)2-3-9(8)14(4-5-15)11(10)16/h2-3,6,10,13,15H,4-5H2,1H3.